The molecule has 0 saturated carbocycles. The maximum Gasteiger partial charge on any atom is 0.336 e. The van der Waals surface area contributed by atoms with Crippen molar-refractivity contribution in [2.45, 2.75) is 6.92 Å². The van der Waals surface area contributed by atoms with E-state index in [9.17, 15) is 18.4 Å². The lowest BCUT2D eigenvalue weighted by Crippen LogP contribution is -2.23. The van der Waals surface area contributed by atoms with E-state index in [4.69, 9.17) is 5.11 Å². The van der Waals surface area contributed by atoms with Crippen LogP contribution in [0.2, 0.25) is 0 Å². The lowest BCUT2D eigenvalue weighted by Gasteiger charge is -2.11. The Morgan fingerprint density at radius 2 is 1.83 bits per heavy atom. The van der Waals surface area contributed by atoms with Gasteiger partial charge in [0.15, 0.2) is 11.6 Å². The molecule has 0 saturated heterocycles. The molecule has 4 nitrogen and oxygen atoms in total. The third kappa shape index (κ3) is 1.57. The maximum atomic E-state index is 13.2. The molecule has 94 valence electrons. The molecule has 0 atom stereocenters. The van der Waals surface area contributed by atoms with Crippen LogP contribution >= 0.6 is 0 Å². The molecule has 2 rings (SSSR count). The summed E-state index contributed by atoms with van der Waals surface area (Å²) >= 11 is 0. The van der Waals surface area contributed by atoms with Crippen molar-refractivity contribution in [3.63, 3.8) is 0 Å². The van der Waals surface area contributed by atoms with Crippen LogP contribution in [0.5, 0.6) is 0 Å². The molecule has 0 radical (unpaired) electrons. The van der Waals surface area contributed by atoms with E-state index in [-0.39, 0.29) is 22.0 Å². The highest BCUT2D eigenvalue weighted by Gasteiger charge is 2.19. The lowest BCUT2D eigenvalue weighted by atomic mass is 10.0. The number of carbonyl (C=O) groups is 1. The zero-order chi connectivity index (χ0) is 13.6. The summed E-state index contributed by atoms with van der Waals surface area (Å²) in [5.41, 5.74) is -0.816. The van der Waals surface area contributed by atoms with E-state index >= 15 is 0 Å². The second-order valence-electron chi connectivity index (χ2n) is 3.95. The fraction of sp³-hybridized carbons (Fsp3) is 0.167. The van der Waals surface area contributed by atoms with Gasteiger partial charge in [0.05, 0.1) is 11.1 Å². The zero-order valence-electron chi connectivity index (χ0n) is 9.62. The highest BCUT2D eigenvalue weighted by molar-refractivity contribution is 6.03. The van der Waals surface area contributed by atoms with E-state index in [1.54, 1.807) is 0 Å². The van der Waals surface area contributed by atoms with E-state index < -0.39 is 23.2 Å². The molecule has 0 bridgehead atoms. The summed E-state index contributed by atoms with van der Waals surface area (Å²) in [6.45, 7) is 1.34. The SMILES string of the molecule is Cc1c(C(=O)O)c2cc(F)c(F)cc2n(C)c1=O. The van der Waals surface area contributed by atoms with E-state index in [2.05, 4.69) is 0 Å². The maximum absolute atomic E-state index is 13.2. The Bertz CT molecular complexity index is 734. The van der Waals surface area contributed by atoms with Gasteiger partial charge in [0.25, 0.3) is 5.56 Å². The molecule has 0 aliphatic carbocycles. The van der Waals surface area contributed by atoms with Gasteiger partial charge in [-0.1, -0.05) is 0 Å². The average molecular weight is 253 g/mol. The van der Waals surface area contributed by atoms with Crippen LogP contribution in [0.25, 0.3) is 10.9 Å². The van der Waals surface area contributed by atoms with Crippen molar-refractivity contribution in [3.05, 3.63) is 45.2 Å². The van der Waals surface area contributed by atoms with Crippen LogP contribution in [0.1, 0.15) is 15.9 Å². The van der Waals surface area contributed by atoms with Crippen molar-refractivity contribution in [1.82, 2.24) is 4.57 Å². The molecule has 1 aromatic carbocycles. The molecule has 0 amide bonds. The number of aromatic carboxylic acids is 1. The zero-order valence-corrected chi connectivity index (χ0v) is 9.62. The largest absolute Gasteiger partial charge is 0.478 e. The summed E-state index contributed by atoms with van der Waals surface area (Å²) in [7, 11) is 1.38. The molecule has 0 unspecified atom stereocenters. The fourth-order valence-electron chi connectivity index (χ4n) is 1.96. The van der Waals surface area contributed by atoms with Crippen LogP contribution in [0.15, 0.2) is 16.9 Å². The Morgan fingerprint density at radius 1 is 1.28 bits per heavy atom. The van der Waals surface area contributed by atoms with Crippen molar-refractivity contribution in [2.75, 3.05) is 0 Å². The molecular weight excluding hydrogens is 244 g/mol. The number of fused-ring (bicyclic) bond motifs is 1. The summed E-state index contributed by atoms with van der Waals surface area (Å²) in [4.78, 5) is 22.9. The van der Waals surface area contributed by atoms with Crippen LogP contribution < -0.4 is 5.56 Å². The number of pyridine rings is 1. The number of rotatable bonds is 1. The van der Waals surface area contributed by atoms with E-state index in [1.807, 2.05) is 0 Å². The molecule has 18 heavy (non-hydrogen) atoms. The summed E-state index contributed by atoms with van der Waals surface area (Å²) in [5, 5.41) is 9.08. The second kappa shape index (κ2) is 3.90. The number of aryl methyl sites for hydroxylation is 1. The first-order chi connectivity index (χ1) is 8.34. The Labute approximate surface area is 100 Å². The number of carboxylic acids is 1. The molecule has 1 N–H and O–H groups in total. The van der Waals surface area contributed by atoms with Gasteiger partial charge in [0.1, 0.15) is 0 Å². The third-order valence-corrected chi connectivity index (χ3v) is 2.88. The molecular formula is C12H9F2NO3. The third-order valence-electron chi connectivity index (χ3n) is 2.88. The Hall–Kier alpha value is -2.24. The van der Waals surface area contributed by atoms with Gasteiger partial charge >= 0.3 is 5.97 Å². The van der Waals surface area contributed by atoms with Gasteiger partial charge in [-0.3, -0.25) is 4.79 Å². The quantitative estimate of drug-likeness (QED) is 0.843. The molecule has 1 heterocycles. The normalized spacial score (nSPS) is 10.9. The van der Waals surface area contributed by atoms with E-state index in [1.165, 1.54) is 14.0 Å². The monoisotopic (exact) mass is 253 g/mol. The minimum Gasteiger partial charge on any atom is -0.478 e. The minimum absolute atomic E-state index is 0.000926. The van der Waals surface area contributed by atoms with Gasteiger partial charge in [-0.15, -0.1) is 0 Å². The minimum atomic E-state index is -1.35. The first-order valence-corrected chi connectivity index (χ1v) is 5.06. The van der Waals surface area contributed by atoms with Crippen molar-refractivity contribution in [2.24, 2.45) is 7.05 Å². The molecule has 0 fully saturated rings. The number of carboxylic acid groups (broad SMARTS) is 1. The van der Waals surface area contributed by atoms with Crippen LogP contribution in [-0.4, -0.2) is 15.6 Å². The first kappa shape index (κ1) is 12.2. The standard InChI is InChI=1S/C12H9F2NO3/c1-5-10(12(17)18)6-3-7(13)8(14)4-9(6)15(2)11(5)16/h3-4H,1-2H3,(H,17,18). The highest BCUT2D eigenvalue weighted by atomic mass is 19.2. The Kier molecular flexibility index (Phi) is 2.65. The highest BCUT2D eigenvalue weighted by Crippen LogP contribution is 2.22. The van der Waals surface area contributed by atoms with Crippen molar-refractivity contribution < 1.29 is 18.7 Å². The molecule has 0 spiro atoms. The number of hydrogen-bond donors (Lipinski definition) is 1. The number of aromatic nitrogens is 1. The van der Waals surface area contributed by atoms with E-state index in [0.717, 1.165) is 16.7 Å². The van der Waals surface area contributed by atoms with Crippen LogP contribution in [0, 0.1) is 18.6 Å². The van der Waals surface area contributed by atoms with Crippen LogP contribution in [0.3, 0.4) is 0 Å². The van der Waals surface area contributed by atoms with Crippen molar-refractivity contribution in [3.8, 4) is 0 Å². The topological polar surface area (TPSA) is 59.3 Å². The van der Waals surface area contributed by atoms with Gasteiger partial charge in [0, 0.05) is 24.1 Å². The van der Waals surface area contributed by atoms with Crippen molar-refractivity contribution >= 4 is 16.9 Å². The molecule has 2 aromatic rings. The van der Waals surface area contributed by atoms with E-state index in [0.29, 0.717) is 0 Å². The van der Waals surface area contributed by atoms with Gasteiger partial charge in [-0.25, -0.2) is 13.6 Å². The second-order valence-corrected chi connectivity index (χ2v) is 3.95. The number of benzene rings is 1. The number of nitrogens with zero attached hydrogens (tertiary/aromatic N) is 1. The predicted molar refractivity (Wildman–Crippen MR) is 60.8 cm³/mol. The average Bonchev–Trinajstić information content (AvgIpc) is 2.29. The summed E-state index contributed by atoms with van der Waals surface area (Å²) in [6, 6.07) is 1.61. The summed E-state index contributed by atoms with van der Waals surface area (Å²) < 4.78 is 27.5. The summed E-state index contributed by atoms with van der Waals surface area (Å²) in [6.07, 6.45) is 0. The molecule has 6 heteroatoms. The Balaban J connectivity index is 3.13. The first-order valence-electron chi connectivity index (χ1n) is 5.06. The molecule has 1 aromatic heterocycles. The van der Waals surface area contributed by atoms with Gasteiger partial charge in [0.2, 0.25) is 0 Å². The van der Waals surface area contributed by atoms with Crippen molar-refractivity contribution in [1.29, 1.82) is 0 Å². The van der Waals surface area contributed by atoms with Crippen LogP contribution in [0.4, 0.5) is 8.78 Å². The predicted octanol–water partition coefficient (Wildman–Crippen LogP) is 1.82. The smallest absolute Gasteiger partial charge is 0.336 e. The van der Waals surface area contributed by atoms with Gasteiger partial charge < -0.3 is 9.67 Å². The van der Waals surface area contributed by atoms with Gasteiger partial charge in [-0.05, 0) is 13.0 Å². The van der Waals surface area contributed by atoms with Crippen LogP contribution in [-0.2, 0) is 7.05 Å². The summed E-state index contributed by atoms with van der Waals surface area (Å²) in [5.74, 6) is -3.62. The lowest BCUT2D eigenvalue weighted by molar-refractivity contribution is 0.0698. The fourth-order valence-corrected chi connectivity index (χ4v) is 1.96. The van der Waals surface area contributed by atoms with Gasteiger partial charge in [-0.2, -0.15) is 0 Å². The molecule has 0 aliphatic rings. The number of hydrogen-bond acceptors (Lipinski definition) is 2. The number of halogens is 2. The Morgan fingerprint density at radius 3 is 2.39 bits per heavy atom. The molecule has 0 aliphatic heterocycles.